The van der Waals surface area contributed by atoms with Crippen molar-refractivity contribution in [2.75, 3.05) is 0 Å². The molecule has 0 aliphatic rings. The van der Waals surface area contributed by atoms with Crippen molar-refractivity contribution in [1.29, 1.82) is 0 Å². The molecule has 1 radical (unpaired) electrons. The summed E-state index contributed by atoms with van der Waals surface area (Å²) in [7, 11) is 0. The van der Waals surface area contributed by atoms with Crippen LogP contribution in [-0.4, -0.2) is 21.0 Å². The molecule has 1 N–H and O–H groups in total. The second kappa shape index (κ2) is 9.65. The summed E-state index contributed by atoms with van der Waals surface area (Å²) >= 11 is 0. The average molecular weight is 502 g/mol. The van der Waals surface area contributed by atoms with E-state index in [0.29, 0.717) is 11.3 Å². The summed E-state index contributed by atoms with van der Waals surface area (Å²) in [5.74, 6) is -1.26. The molecule has 0 atom stereocenters. The molecule has 0 bridgehead atoms. The molecule has 3 rings (SSSR count). The summed E-state index contributed by atoms with van der Waals surface area (Å²) in [6.45, 7) is 1.84. The number of halogens is 1. The number of nitrogens with zero attached hydrogens (tertiary/aromatic N) is 2. The normalized spacial score (nSPS) is 9.25. The Morgan fingerprint density at radius 2 is 1.79 bits per heavy atom. The first kappa shape index (κ1) is 19.6. The Kier molecular flexibility index (Phi) is 7.89. The van der Waals surface area contributed by atoms with Crippen molar-refractivity contribution in [1.82, 2.24) is 9.97 Å². The molecule has 1 aromatic carbocycles. The van der Waals surface area contributed by atoms with Gasteiger partial charge in [-0.15, -0.1) is 23.8 Å². The third kappa shape index (κ3) is 5.65. The monoisotopic (exact) mass is 502 g/mol. The van der Waals surface area contributed by atoms with Gasteiger partial charge in [0.25, 0.3) is 0 Å². The molecule has 3 aromatic rings. The number of rotatable bonds is 2. The van der Waals surface area contributed by atoms with E-state index in [0.717, 1.165) is 5.56 Å². The van der Waals surface area contributed by atoms with Gasteiger partial charge in [0.15, 0.2) is 0 Å². The molecule has 0 amide bonds. The molecule has 2 heterocycles. The summed E-state index contributed by atoms with van der Waals surface area (Å²) in [6, 6.07) is 16.3. The van der Waals surface area contributed by atoms with Crippen LogP contribution in [-0.2, 0) is 20.1 Å². The molecular weight excluding hydrogens is 487 g/mol. The van der Waals surface area contributed by atoms with Crippen molar-refractivity contribution < 1.29 is 34.4 Å². The number of benzene rings is 1. The van der Waals surface area contributed by atoms with Gasteiger partial charge in [0.05, 0.1) is 0 Å². The van der Waals surface area contributed by atoms with Crippen molar-refractivity contribution in [2.24, 2.45) is 0 Å². The van der Waals surface area contributed by atoms with E-state index >= 15 is 0 Å². The third-order valence-corrected chi connectivity index (χ3v) is 2.84. The zero-order chi connectivity index (χ0) is 16.7. The van der Waals surface area contributed by atoms with Crippen LogP contribution >= 0.6 is 0 Å². The summed E-state index contributed by atoms with van der Waals surface area (Å²) in [5.41, 5.74) is 1.99. The molecule has 0 spiro atoms. The number of carboxylic acid groups (broad SMARTS) is 1. The predicted octanol–water partition coefficient (Wildman–Crippen LogP) is 3.77. The summed E-state index contributed by atoms with van der Waals surface area (Å²) in [5, 5.41) is 8.32. The number of aryl methyl sites for hydroxylation is 1. The van der Waals surface area contributed by atoms with Crippen LogP contribution in [0.15, 0.2) is 60.9 Å². The number of aromatic nitrogens is 2. The van der Waals surface area contributed by atoms with E-state index < -0.39 is 5.97 Å². The van der Waals surface area contributed by atoms with Gasteiger partial charge >= 0.3 is 5.97 Å². The molecule has 0 aliphatic heterocycles. The topological polar surface area (TPSA) is 63.1 Å². The SMILES string of the molecule is Cc1c[c-]c(-c2ccccn2)c(F)c1.O=C(O)c1ccccn1.[Ir]. The van der Waals surface area contributed by atoms with Crippen LogP contribution in [0.4, 0.5) is 4.39 Å². The Bertz CT molecular complexity index is 784. The molecule has 2 aromatic heterocycles. The fourth-order valence-corrected chi connectivity index (χ4v) is 1.76. The standard InChI is InChI=1S/C12H9FN.C6H5NO2.Ir/c1-9-5-6-10(11(13)8-9)12-4-2-3-7-14-12;8-6(9)5-3-1-2-4-7-5;/h2-5,7-8H,1H3;1-4H,(H,8,9);/q-1;;. The van der Waals surface area contributed by atoms with Crippen LogP contribution in [0.2, 0.25) is 0 Å². The van der Waals surface area contributed by atoms with E-state index in [2.05, 4.69) is 16.0 Å². The molecule has 4 nitrogen and oxygen atoms in total. The van der Waals surface area contributed by atoms with Gasteiger partial charge < -0.3 is 10.1 Å². The van der Waals surface area contributed by atoms with Gasteiger partial charge in [-0.3, -0.25) is 4.39 Å². The average Bonchev–Trinajstić information content (AvgIpc) is 2.57. The van der Waals surface area contributed by atoms with E-state index in [9.17, 15) is 9.18 Å². The number of carbonyl (C=O) groups is 1. The fraction of sp³-hybridized carbons (Fsp3) is 0.0556. The smallest absolute Gasteiger partial charge is 0.354 e. The van der Waals surface area contributed by atoms with Gasteiger partial charge in [-0.2, -0.15) is 0 Å². The van der Waals surface area contributed by atoms with Crippen LogP contribution in [0, 0.1) is 18.8 Å². The number of pyridine rings is 2. The van der Waals surface area contributed by atoms with Crippen LogP contribution in [0.3, 0.4) is 0 Å². The number of aromatic carboxylic acids is 1. The number of hydrogen-bond donors (Lipinski definition) is 1. The van der Waals surface area contributed by atoms with E-state index in [1.807, 2.05) is 13.0 Å². The largest absolute Gasteiger partial charge is 0.477 e. The quantitative estimate of drug-likeness (QED) is 0.543. The van der Waals surface area contributed by atoms with E-state index in [-0.39, 0.29) is 31.6 Å². The minimum atomic E-state index is -0.990. The first-order valence-corrected chi connectivity index (χ1v) is 6.81. The van der Waals surface area contributed by atoms with Crippen molar-refractivity contribution in [3.05, 3.63) is 84.1 Å². The third-order valence-electron chi connectivity index (χ3n) is 2.84. The van der Waals surface area contributed by atoms with E-state index in [1.54, 1.807) is 36.5 Å². The molecule has 24 heavy (non-hydrogen) atoms. The Hall–Kier alpha value is -2.43. The van der Waals surface area contributed by atoms with Crippen LogP contribution < -0.4 is 0 Å². The molecule has 0 unspecified atom stereocenters. The Labute approximate surface area is 152 Å². The molecule has 6 heteroatoms. The van der Waals surface area contributed by atoms with E-state index in [4.69, 9.17) is 5.11 Å². The zero-order valence-corrected chi connectivity index (χ0v) is 15.1. The second-order valence-corrected chi connectivity index (χ2v) is 4.64. The molecule has 0 aliphatic carbocycles. The maximum absolute atomic E-state index is 13.5. The summed E-state index contributed by atoms with van der Waals surface area (Å²) in [6.07, 6.45) is 3.09. The maximum Gasteiger partial charge on any atom is 0.354 e. The van der Waals surface area contributed by atoms with Crippen LogP contribution in [0.5, 0.6) is 0 Å². The second-order valence-electron chi connectivity index (χ2n) is 4.64. The molecule has 0 saturated heterocycles. The first-order valence-electron chi connectivity index (χ1n) is 6.81. The molecule has 0 saturated carbocycles. The zero-order valence-electron chi connectivity index (χ0n) is 12.7. The van der Waals surface area contributed by atoms with Crippen LogP contribution in [0.1, 0.15) is 16.1 Å². The van der Waals surface area contributed by atoms with Gasteiger partial charge in [-0.25, -0.2) is 9.78 Å². The van der Waals surface area contributed by atoms with Gasteiger partial charge in [0.2, 0.25) is 0 Å². The fourth-order valence-electron chi connectivity index (χ4n) is 1.76. The number of hydrogen-bond acceptors (Lipinski definition) is 3. The van der Waals surface area contributed by atoms with E-state index in [1.165, 1.54) is 18.3 Å². The summed E-state index contributed by atoms with van der Waals surface area (Å²) in [4.78, 5) is 17.8. The summed E-state index contributed by atoms with van der Waals surface area (Å²) < 4.78 is 13.5. The van der Waals surface area contributed by atoms with Crippen molar-refractivity contribution in [2.45, 2.75) is 6.92 Å². The van der Waals surface area contributed by atoms with Crippen molar-refractivity contribution in [3.63, 3.8) is 0 Å². The Morgan fingerprint density at radius 3 is 2.25 bits per heavy atom. The first-order chi connectivity index (χ1) is 11.1. The van der Waals surface area contributed by atoms with Crippen molar-refractivity contribution in [3.8, 4) is 11.3 Å². The van der Waals surface area contributed by atoms with Crippen LogP contribution in [0.25, 0.3) is 11.3 Å². The van der Waals surface area contributed by atoms with Crippen molar-refractivity contribution >= 4 is 5.97 Å². The Morgan fingerprint density at radius 1 is 1.12 bits per heavy atom. The van der Waals surface area contributed by atoms with Gasteiger partial charge in [0.1, 0.15) is 5.69 Å². The minimum Gasteiger partial charge on any atom is -0.477 e. The molecular formula is C18H14FIrN2O2-. The molecule has 0 fully saturated rings. The van der Waals surface area contributed by atoms with Gasteiger partial charge in [-0.05, 0) is 23.9 Å². The minimum absolute atomic E-state index is 0. The van der Waals surface area contributed by atoms with Gasteiger partial charge in [0, 0.05) is 38.3 Å². The van der Waals surface area contributed by atoms with Gasteiger partial charge in [-0.1, -0.05) is 30.7 Å². The molecule has 125 valence electrons. The predicted molar refractivity (Wildman–Crippen MR) is 84.4 cm³/mol. The maximum atomic E-state index is 13.5. The number of carboxylic acids is 1. The Balaban J connectivity index is 0.000000252.